The first kappa shape index (κ1) is 15.9. The Balaban J connectivity index is 1.62. The molecule has 0 aliphatic rings. The van der Waals surface area contributed by atoms with E-state index >= 15 is 0 Å². The molecule has 3 nitrogen and oxygen atoms in total. The second-order valence-electron chi connectivity index (χ2n) is 5.29. The van der Waals surface area contributed by atoms with Gasteiger partial charge in [-0.05, 0) is 36.4 Å². The van der Waals surface area contributed by atoms with Crippen molar-refractivity contribution >= 4 is 11.4 Å². The zero-order valence-corrected chi connectivity index (χ0v) is 13.0. The molecule has 122 valence electrons. The fraction of sp³-hybridized carbons (Fsp3) is 0.105. The smallest absolute Gasteiger partial charge is 0.146 e. The summed E-state index contributed by atoms with van der Waals surface area (Å²) < 4.78 is 27.2. The maximum Gasteiger partial charge on any atom is 0.146 e. The van der Waals surface area contributed by atoms with Gasteiger partial charge in [-0.15, -0.1) is 0 Å². The first-order valence-corrected chi connectivity index (χ1v) is 7.64. The van der Waals surface area contributed by atoms with Crippen molar-refractivity contribution in [1.29, 1.82) is 0 Å². The van der Waals surface area contributed by atoms with E-state index in [9.17, 15) is 8.78 Å². The molecule has 0 aliphatic carbocycles. The van der Waals surface area contributed by atoms with Crippen LogP contribution in [-0.4, -0.2) is 4.98 Å². The molecule has 0 radical (unpaired) electrons. The monoisotopic (exact) mass is 325 g/mol. The van der Waals surface area contributed by atoms with Gasteiger partial charge < -0.3 is 10.6 Å². The maximum absolute atomic E-state index is 13.6. The third-order valence-electron chi connectivity index (χ3n) is 3.53. The van der Waals surface area contributed by atoms with Gasteiger partial charge in [-0.1, -0.05) is 30.3 Å². The second-order valence-corrected chi connectivity index (χ2v) is 5.29. The lowest BCUT2D eigenvalue weighted by Crippen LogP contribution is -2.07. The third kappa shape index (κ3) is 4.07. The van der Waals surface area contributed by atoms with Crippen LogP contribution in [0.1, 0.15) is 11.4 Å². The highest BCUT2D eigenvalue weighted by atomic mass is 19.1. The Bertz CT molecular complexity index is 756. The van der Waals surface area contributed by atoms with E-state index in [1.807, 2.05) is 18.2 Å². The van der Waals surface area contributed by atoms with E-state index in [0.29, 0.717) is 24.5 Å². The molecule has 0 aliphatic heterocycles. The van der Waals surface area contributed by atoms with E-state index in [4.69, 9.17) is 0 Å². The summed E-state index contributed by atoms with van der Waals surface area (Å²) in [5.41, 5.74) is 2.44. The number of pyridine rings is 1. The summed E-state index contributed by atoms with van der Waals surface area (Å²) >= 11 is 0. The molecule has 0 fully saturated rings. The van der Waals surface area contributed by atoms with Crippen LogP contribution < -0.4 is 10.6 Å². The minimum absolute atomic E-state index is 0.296. The van der Waals surface area contributed by atoms with Gasteiger partial charge in [-0.2, -0.15) is 0 Å². The molecule has 3 aromatic rings. The van der Waals surface area contributed by atoms with E-state index in [-0.39, 0.29) is 11.6 Å². The molecular weight excluding hydrogens is 308 g/mol. The molecule has 2 aromatic carbocycles. The predicted molar refractivity (Wildman–Crippen MR) is 91.7 cm³/mol. The van der Waals surface area contributed by atoms with Gasteiger partial charge >= 0.3 is 0 Å². The van der Waals surface area contributed by atoms with Crippen molar-refractivity contribution in [3.05, 3.63) is 89.8 Å². The average molecular weight is 325 g/mol. The molecule has 0 saturated heterocycles. The number of benzene rings is 2. The Labute approximate surface area is 139 Å². The van der Waals surface area contributed by atoms with E-state index in [1.54, 1.807) is 36.4 Å². The van der Waals surface area contributed by atoms with Gasteiger partial charge in [0.15, 0.2) is 0 Å². The Morgan fingerprint density at radius 3 is 1.54 bits per heavy atom. The van der Waals surface area contributed by atoms with Gasteiger partial charge in [0, 0.05) is 0 Å². The number of rotatable bonds is 6. The standard InChI is InChI=1S/C19H17F2N3/c20-16-8-1-3-10-18(16)22-12-14-6-5-7-15(24-14)13-23-19-11-4-2-9-17(19)21/h1-11,22-23H,12-13H2. The first-order chi connectivity index (χ1) is 11.7. The number of aromatic nitrogens is 1. The van der Waals surface area contributed by atoms with Crippen LogP contribution in [0.3, 0.4) is 0 Å². The van der Waals surface area contributed by atoms with Crippen molar-refractivity contribution in [2.24, 2.45) is 0 Å². The van der Waals surface area contributed by atoms with Crippen LogP contribution in [0.5, 0.6) is 0 Å². The van der Waals surface area contributed by atoms with Crippen LogP contribution in [0.15, 0.2) is 66.7 Å². The number of hydrogen-bond acceptors (Lipinski definition) is 3. The Kier molecular flexibility index (Phi) is 5.01. The molecule has 1 aromatic heterocycles. The molecule has 1 heterocycles. The van der Waals surface area contributed by atoms with Gasteiger partial charge in [0.25, 0.3) is 0 Å². The predicted octanol–water partition coefficient (Wildman–Crippen LogP) is 4.58. The number of hydrogen-bond donors (Lipinski definition) is 2. The SMILES string of the molecule is Fc1ccccc1NCc1cccc(CNc2ccccc2F)n1. The summed E-state index contributed by atoms with van der Waals surface area (Å²) in [5.74, 6) is -0.593. The van der Waals surface area contributed by atoms with Crippen LogP contribution >= 0.6 is 0 Å². The fourth-order valence-corrected chi connectivity index (χ4v) is 2.31. The van der Waals surface area contributed by atoms with Gasteiger partial charge in [-0.3, -0.25) is 4.98 Å². The highest BCUT2D eigenvalue weighted by molar-refractivity contribution is 5.45. The van der Waals surface area contributed by atoms with Crippen LogP contribution in [0, 0.1) is 11.6 Å². The number of halogens is 2. The molecule has 0 amide bonds. The summed E-state index contributed by atoms with van der Waals surface area (Å²) in [7, 11) is 0. The van der Waals surface area contributed by atoms with Gasteiger partial charge in [0.2, 0.25) is 0 Å². The summed E-state index contributed by atoms with van der Waals surface area (Å²) in [6.45, 7) is 0.822. The van der Waals surface area contributed by atoms with Crippen molar-refractivity contribution in [2.45, 2.75) is 13.1 Å². The lowest BCUT2D eigenvalue weighted by atomic mass is 10.2. The van der Waals surface area contributed by atoms with Crippen LogP contribution in [0.2, 0.25) is 0 Å². The van der Waals surface area contributed by atoms with E-state index < -0.39 is 0 Å². The van der Waals surface area contributed by atoms with Crippen molar-refractivity contribution in [3.63, 3.8) is 0 Å². The lowest BCUT2D eigenvalue weighted by molar-refractivity contribution is 0.630. The molecule has 0 bridgehead atoms. The quantitative estimate of drug-likeness (QED) is 0.696. The Morgan fingerprint density at radius 2 is 1.08 bits per heavy atom. The molecule has 0 spiro atoms. The second kappa shape index (κ2) is 7.55. The van der Waals surface area contributed by atoms with Gasteiger partial charge in [-0.25, -0.2) is 8.78 Å². The normalized spacial score (nSPS) is 10.4. The van der Waals surface area contributed by atoms with Crippen molar-refractivity contribution in [1.82, 2.24) is 4.98 Å². The maximum atomic E-state index is 13.6. The zero-order valence-electron chi connectivity index (χ0n) is 13.0. The summed E-state index contributed by atoms with van der Waals surface area (Å²) in [4.78, 5) is 4.49. The van der Waals surface area contributed by atoms with E-state index in [1.165, 1.54) is 12.1 Å². The average Bonchev–Trinajstić information content (AvgIpc) is 2.61. The van der Waals surface area contributed by atoms with Crippen LogP contribution in [0.4, 0.5) is 20.2 Å². The third-order valence-corrected chi connectivity index (χ3v) is 3.53. The molecular formula is C19H17F2N3. The molecule has 5 heteroatoms. The molecule has 2 N–H and O–H groups in total. The Hall–Kier alpha value is -2.95. The van der Waals surface area contributed by atoms with Crippen LogP contribution in [0.25, 0.3) is 0 Å². The summed E-state index contributed by atoms with van der Waals surface area (Å²) in [5, 5.41) is 6.04. The van der Waals surface area contributed by atoms with Crippen molar-refractivity contribution in [3.8, 4) is 0 Å². The topological polar surface area (TPSA) is 37.0 Å². The highest BCUT2D eigenvalue weighted by Crippen LogP contribution is 2.15. The molecule has 0 saturated carbocycles. The Morgan fingerprint density at radius 1 is 0.625 bits per heavy atom. The lowest BCUT2D eigenvalue weighted by Gasteiger charge is -2.10. The first-order valence-electron chi connectivity index (χ1n) is 7.64. The molecule has 0 atom stereocenters. The van der Waals surface area contributed by atoms with E-state index in [2.05, 4.69) is 15.6 Å². The largest absolute Gasteiger partial charge is 0.377 e. The minimum Gasteiger partial charge on any atom is -0.377 e. The summed E-state index contributed by atoms with van der Waals surface area (Å²) in [6, 6.07) is 18.6. The van der Waals surface area contributed by atoms with Crippen LogP contribution in [-0.2, 0) is 13.1 Å². The fourth-order valence-electron chi connectivity index (χ4n) is 2.31. The number of nitrogens with one attached hydrogen (secondary N) is 2. The van der Waals surface area contributed by atoms with Crippen molar-refractivity contribution < 1.29 is 8.78 Å². The van der Waals surface area contributed by atoms with Crippen molar-refractivity contribution in [2.75, 3.05) is 10.6 Å². The number of nitrogens with zero attached hydrogens (tertiary/aromatic N) is 1. The molecule has 0 unspecified atom stereocenters. The number of anilines is 2. The minimum atomic E-state index is -0.296. The number of para-hydroxylation sites is 2. The summed E-state index contributed by atoms with van der Waals surface area (Å²) in [6.07, 6.45) is 0. The highest BCUT2D eigenvalue weighted by Gasteiger charge is 2.03. The van der Waals surface area contributed by atoms with Gasteiger partial charge in [0.1, 0.15) is 11.6 Å². The zero-order chi connectivity index (χ0) is 16.8. The van der Waals surface area contributed by atoms with Gasteiger partial charge in [0.05, 0.1) is 35.9 Å². The molecule has 3 rings (SSSR count). The van der Waals surface area contributed by atoms with E-state index in [0.717, 1.165) is 11.4 Å². The molecule has 24 heavy (non-hydrogen) atoms.